The van der Waals surface area contributed by atoms with E-state index in [1.807, 2.05) is 0 Å². The van der Waals surface area contributed by atoms with Crippen LogP contribution in [0, 0.1) is 6.92 Å². The summed E-state index contributed by atoms with van der Waals surface area (Å²) >= 11 is 0. The Labute approximate surface area is 104 Å². The van der Waals surface area contributed by atoms with Gasteiger partial charge >= 0.3 is 0 Å². The molecule has 0 aromatic heterocycles. The van der Waals surface area contributed by atoms with Gasteiger partial charge in [-0.2, -0.15) is 0 Å². The summed E-state index contributed by atoms with van der Waals surface area (Å²) in [6.07, 6.45) is 0. The number of aryl methyl sites for hydroxylation is 1. The molecule has 1 aliphatic rings. The molecule has 0 aliphatic carbocycles. The molecule has 1 heterocycles. The van der Waals surface area contributed by atoms with Crippen LogP contribution in [0.15, 0.2) is 24.3 Å². The minimum absolute atomic E-state index is 0.105. The molecule has 2 unspecified atom stereocenters. The zero-order chi connectivity index (χ0) is 12.3. The van der Waals surface area contributed by atoms with Crippen molar-refractivity contribution >= 4 is 0 Å². The van der Waals surface area contributed by atoms with Crippen molar-refractivity contribution in [2.24, 2.45) is 5.73 Å². The van der Waals surface area contributed by atoms with Gasteiger partial charge in [0.25, 0.3) is 0 Å². The molecule has 0 bridgehead atoms. The first-order chi connectivity index (χ1) is 8.18. The first kappa shape index (κ1) is 12.6. The number of nitrogens with zero attached hydrogens (tertiary/aromatic N) is 1. The predicted octanol–water partition coefficient (Wildman–Crippen LogP) is 1.29. The second-order valence-corrected chi connectivity index (χ2v) is 4.96. The third kappa shape index (κ3) is 3.06. The Morgan fingerprint density at radius 1 is 1.18 bits per heavy atom. The van der Waals surface area contributed by atoms with E-state index < -0.39 is 0 Å². The van der Waals surface area contributed by atoms with Crippen LogP contribution in [0.2, 0.25) is 0 Å². The predicted molar refractivity (Wildman–Crippen MR) is 72.0 cm³/mol. The van der Waals surface area contributed by atoms with Gasteiger partial charge in [-0.15, -0.1) is 0 Å². The molecule has 1 aliphatic heterocycles. The van der Waals surface area contributed by atoms with Gasteiger partial charge in [0, 0.05) is 38.3 Å². The highest BCUT2D eigenvalue weighted by Crippen LogP contribution is 2.19. The summed E-state index contributed by atoms with van der Waals surface area (Å²) in [7, 11) is 0. The van der Waals surface area contributed by atoms with E-state index in [0.717, 1.165) is 26.2 Å². The van der Waals surface area contributed by atoms with Crippen LogP contribution in [0.1, 0.15) is 24.1 Å². The number of benzene rings is 1. The topological polar surface area (TPSA) is 41.3 Å². The second-order valence-electron chi connectivity index (χ2n) is 4.96. The highest BCUT2D eigenvalue weighted by molar-refractivity contribution is 5.24. The highest BCUT2D eigenvalue weighted by atomic mass is 15.2. The summed E-state index contributed by atoms with van der Waals surface area (Å²) in [5, 5.41) is 3.37. The van der Waals surface area contributed by atoms with Gasteiger partial charge in [0.05, 0.1) is 0 Å². The van der Waals surface area contributed by atoms with E-state index in [9.17, 15) is 0 Å². The summed E-state index contributed by atoms with van der Waals surface area (Å²) < 4.78 is 0. The smallest absolute Gasteiger partial charge is 0.0450 e. The Kier molecular flexibility index (Phi) is 4.15. The molecular weight excluding hydrogens is 210 g/mol. The molecule has 17 heavy (non-hydrogen) atoms. The van der Waals surface area contributed by atoms with Crippen molar-refractivity contribution in [3.8, 4) is 0 Å². The Morgan fingerprint density at radius 2 is 1.76 bits per heavy atom. The third-order valence-corrected chi connectivity index (χ3v) is 3.71. The zero-order valence-corrected chi connectivity index (χ0v) is 10.8. The van der Waals surface area contributed by atoms with Crippen molar-refractivity contribution < 1.29 is 0 Å². The Balaban J connectivity index is 2.02. The van der Waals surface area contributed by atoms with Crippen LogP contribution in [0.5, 0.6) is 0 Å². The average Bonchev–Trinajstić information content (AvgIpc) is 2.39. The summed E-state index contributed by atoms with van der Waals surface area (Å²) in [4.78, 5) is 2.47. The van der Waals surface area contributed by atoms with Crippen molar-refractivity contribution in [2.75, 3.05) is 26.2 Å². The first-order valence-electron chi connectivity index (χ1n) is 6.45. The molecule has 2 rings (SSSR count). The van der Waals surface area contributed by atoms with E-state index >= 15 is 0 Å². The Hall–Kier alpha value is -0.900. The molecule has 3 N–H and O–H groups in total. The lowest BCUT2D eigenvalue weighted by atomic mass is 9.99. The van der Waals surface area contributed by atoms with Gasteiger partial charge in [0.1, 0.15) is 0 Å². The van der Waals surface area contributed by atoms with E-state index in [1.165, 1.54) is 11.1 Å². The fraction of sp³-hybridized carbons (Fsp3) is 0.571. The average molecular weight is 233 g/mol. The van der Waals surface area contributed by atoms with Gasteiger partial charge in [-0.25, -0.2) is 0 Å². The van der Waals surface area contributed by atoms with E-state index in [1.54, 1.807) is 0 Å². The van der Waals surface area contributed by atoms with Crippen LogP contribution in [0.4, 0.5) is 0 Å². The molecule has 0 amide bonds. The van der Waals surface area contributed by atoms with Gasteiger partial charge < -0.3 is 11.1 Å². The summed E-state index contributed by atoms with van der Waals surface area (Å²) in [5.74, 6) is 0. The quantitative estimate of drug-likeness (QED) is 0.826. The number of hydrogen-bond acceptors (Lipinski definition) is 3. The number of rotatable bonds is 3. The maximum atomic E-state index is 6.36. The van der Waals surface area contributed by atoms with Crippen molar-refractivity contribution in [2.45, 2.75) is 25.9 Å². The Bertz CT molecular complexity index is 341. The summed E-state index contributed by atoms with van der Waals surface area (Å²) in [6.45, 7) is 8.68. The minimum Gasteiger partial charge on any atom is -0.323 e. The van der Waals surface area contributed by atoms with Crippen LogP contribution in [0.3, 0.4) is 0 Å². The van der Waals surface area contributed by atoms with Gasteiger partial charge in [-0.3, -0.25) is 4.90 Å². The number of piperazine rings is 1. The fourth-order valence-corrected chi connectivity index (χ4v) is 2.38. The summed E-state index contributed by atoms with van der Waals surface area (Å²) in [5.41, 5.74) is 8.88. The monoisotopic (exact) mass is 233 g/mol. The lowest BCUT2D eigenvalue weighted by Crippen LogP contribution is -2.50. The molecule has 3 heteroatoms. The van der Waals surface area contributed by atoms with Gasteiger partial charge in [0.15, 0.2) is 0 Å². The molecule has 94 valence electrons. The minimum atomic E-state index is 0.105. The largest absolute Gasteiger partial charge is 0.323 e. The van der Waals surface area contributed by atoms with Crippen molar-refractivity contribution in [3.05, 3.63) is 35.4 Å². The number of nitrogens with one attached hydrogen (secondary N) is 1. The van der Waals surface area contributed by atoms with Crippen LogP contribution < -0.4 is 11.1 Å². The maximum Gasteiger partial charge on any atom is 0.0450 e. The van der Waals surface area contributed by atoms with Crippen molar-refractivity contribution in [3.63, 3.8) is 0 Å². The molecular formula is C14H23N3. The fourth-order valence-electron chi connectivity index (χ4n) is 2.38. The number of nitrogens with two attached hydrogens (primary N) is 1. The van der Waals surface area contributed by atoms with Crippen LogP contribution in [-0.2, 0) is 0 Å². The number of hydrogen-bond donors (Lipinski definition) is 2. The SMILES string of the molecule is Cc1ccc(C(N)C(C)N2CCNCC2)cc1. The molecule has 1 aromatic carbocycles. The van der Waals surface area contributed by atoms with Crippen LogP contribution >= 0.6 is 0 Å². The lowest BCUT2D eigenvalue weighted by Gasteiger charge is -2.36. The van der Waals surface area contributed by atoms with E-state index in [4.69, 9.17) is 5.73 Å². The van der Waals surface area contributed by atoms with E-state index in [0.29, 0.717) is 6.04 Å². The van der Waals surface area contributed by atoms with Crippen molar-refractivity contribution in [1.29, 1.82) is 0 Å². The van der Waals surface area contributed by atoms with Gasteiger partial charge in [-0.1, -0.05) is 29.8 Å². The van der Waals surface area contributed by atoms with E-state index in [-0.39, 0.29) is 6.04 Å². The second kappa shape index (κ2) is 5.63. The molecule has 2 atom stereocenters. The summed E-state index contributed by atoms with van der Waals surface area (Å²) in [6, 6.07) is 9.09. The third-order valence-electron chi connectivity index (χ3n) is 3.71. The normalized spacial score (nSPS) is 21.1. The van der Waals surface area contributed by atoms with Crippen molar-refractivity contribution in [1.82, 2.24) is 10.2 Å². The standard InChI is InChI=1S/C14H23N3/c1-11-3-5-13(6-4-11)14(15)12(2)17-9-7-16-8-10-17/h3-6,12,14,16H,7-10,15H2,1-2H3. The zero-order valence-electron chi connectivity index (χ0n) is 10.8. The molecule has 1 aromatic rings. The first-order valence-corrected chi connectivity index (χ1v) is 6.45. The molecule has 0 radical (unpaired) electrons. The van der Waals surface area contributed by atoms with Gasteiger partial charge in [-0.05, 0) is 19.4 Å². The molecule has 0 saturated carbocycles. The van der Waals surface area contributed by atoms with Crippen LogP contribution in [-0.4, -0.2) is 37.1 Å². The lowest BCUT2D eigenvalue weighted by molar-refractivity contribution is 0.163. The Morgan fingerprint density at radius 3 is 2.35 bits per heavy atom. The van der Waals surface area contributed by atoms with Crippen LogP contribution in [0.25, 0.3) is 0 Å². The molecule has 3 nitrogen and oxygen atoms in total. The maximum absolute atomic E-state index is 6.36. The highest BCUT2D eigenvalue weighted by Gasteiger charge is 2.22. The molecule has 1 fully saturated rings. The van der Waals surface area contributed by atoms with E-state index in [2.05, 4.69) is 48.3 Å². The molecule has 1 saturated heterocycles. The molecule has 0 spiro atoms. The van der Waals surface area contributed by atoms with Gasteiger partial charge in [0.2, 0.25) is 0 Å².